The van der Waals surface area contributed by atoms with Gasteiger partial charge in [0.05, 0.1) is 18.1 Å². The molecule has 0 saturated heterocycles. The molecule has 1 amide bonds. The molecule has 2 rings (SSSR count). The quantitative estimate of drug-likeness (QED) is 0.504. The van der Waals surface area contributed by atoms with E-state index in [1.54, 1.807) is 0 Å². The van der Waals surface area contributed by atoms with Crippen molar-refractivity contribution in [1.29, 1.82) is 0 Å². The number of rotatable bonds is 9. The summed E-state index contributed by atoms with van der Waals surface area (Å²) in [7, 11) is 3.18. The average Bonchev–Trinajstić information content (AvgIpc) is 2.67. The molecule has 0 bridgehead atoms. The summed E-state index contributed by atoms with van der Waals surface area (Å²) in [5, 5.41) is 13.9. The summed E-state index contributed by atoms with van der Waals surface area (Å²) < 4.78 is 34.2. The second kappa shape index (κ2) is 10.2. The van der Waals surface area contributed by atoms with Gasteiger partial charge >= 0.3 is 6.61 Å². The van der Waals surface area contributed by atoms with Gasteiger partial charge in [0.15, 0.2) is 11.5 Å². The highest BCUT2D eigenvalue weighted by atomic mass is 19.3. The number of carbonyl (C=O) groups excluding carboxylic acids is 1. The minimum Gasteiger partial charge on any atom is -0.493 e. The molecule has 0 aliphatic heterocycles. The summed E-state index contributed by atoms with van der Waals surface area (Å²) in [4.78, 5) is 25.1. The number of nitrogens with zero attached hydrogens (tertiary/aromatic N) is 2. The number of nitrogens with one attached hydrogen (secondary N) is 1. The number of likely N-dealkylation sites (N-methyl/N-ethyl adjacent to an activating group) is 1. The monoisotopic (exact) mass is 401 g/mol. The van der Waals surface area contributed by atoms with Gasteiger partial charge in [-0.3, -0.25) is 14.9 Å². The van der Waals surface area contributed by atoms with Gasteiger partial charge in [-0.05, 0) is 19.9 Å². The van der Waals surface area contributed by atoms with E-state index in [1.807, 2.05) is 7.05 Å². The second-order valence-electron chi connectivity index (χ2n) is 6.68. The number of halogens is 2. The van der Waals surface area contributed by atoms with Gasteiger partial charge in [0.25, 0.3) is 11.6 Å². The van der Waals surface area contributed by atoms with Gasteiger partial charge in [-0.25, -0.2) is 0 Å². The number of benzene rings is 1. The molecule has 8 nitrogen and oxygen atoms in total. The number of ether oxygens (including phenoxy) is 2. The predicted octanol–water partition coefficient (Wildman–Crippen LogP) is 3.20. The first-order valence-electron chi connectivity index (χ1n) is 9.13. The number of nitro groups is 1. The van der Waals surface area contributed by atoms with Crippen molar-refractivity contribution in [2.24, 2.45) is 0 Å². The third-order valence-corrected chi connectivity index (χ3v) is 4.89. The fraction of sp³-hybridized carbons (Fsp3) is 0.611. The molecule has 0 spiro atoms. The smallest absolute Gasteiger partial charge is 0.387 e. The molecule has 1 saturated carbocycles. The normalized spacial score (nSPS) is 14.9. The Bertz CT molecular complexity index is 696. The maximum absolute atomic E-state index is 12.5. The van der Waals surface area contributed by atoms with Crippen LogP contribution in [0.2, 0.25) is 0 Å². The van der Waals surface area contributed by atoms with Crippen molar-refractivity contribution in [3.63, 3.8) is 0 Å². The molecule has 1 aliphatic rings. The maximum Gasteiger partial charge on any atom is 0.387 e. The van der Waals surface area contributed by atoms with Crippen molar-refractivity contribution in [2.45, 2.75) is 44.8 Å². The molecule has 1 N–H and O–H groups in total. The largest absolute Gasteiger partial charge is 0.493 e. The number of methoxy groups -OCH3 is 1. The van der Waals surface area contributed by atoms with E-state index in [0.717, 1.165) is 25.0 Å². The van der Waals surface area contributed by atoms with Crippen molar-refractivity contribution < 1.29 is 28.0 Å². The molecule has 1 aliphatic carbocycles. The second-order valence-corrected chi connectivity index (χ2v) is 6.68. The molecule has 0 heterocycles. The number of alkyl halides is 2. The van der Waals surface area contributed by atoms with Crippen LogP contribution in [0.1, 0.15) is 42.5 Å². The van der Waals surface area contributed by atoms with E-state index in [2.05, 4.69) is 15.0 Å². The lowest BCUT2D eigenvalue weighted by atomic mass is 9.94. The van der Waals surface area contributed by atoms with Crippen LogP contribution >= 0.6 is 0 Å². The molecule has 0 aromatic heterocycles. The standard InChI is InChI=1S/C18H25F2N3O5/c1-22(12-6-4-3-5-7-12)9-8-21-17(24)13-10-15(27-2)16(28-18(19)20)11-14(13)23(25)26/h10-12,18H,3-9H2,1-2H3,(H,21,24). The summed E-state index contributed by atoms with van der Waals surface area (Å²) in [5.41, 5.74) is -0.904. The molecule has 0 atom stereocenters. The zero-order valence-corrected chi connectivity index (χ0v) is 16.0. The first kappa shape index (κ1) is 21.8. The van der Waals surface area contributed by atoms with Crippen LogP contribution in [0.25, 0.3) is 0 Å². The highest BCUT2D eigenvalue weighted by Gasteiger charge is 2.26. The van der Waals surface area contributed by atoms with Crippen LogP contribution in [-0.4, -0.2) is 55.6 Å². The van der Waals surface area contributed by atoms with Crippen LogP contribution in [0.4, 0.5) is 14.5 Å². The number of hydrogen-bond acceptors (Lipinski definition) is 6. The fourth-order valence-corrected chi connectivity index (χ4v) is 3.38. The molecular formula is C18H25F2N3O5. The molecule has 1 fully saturated rings. The number of carbonyl (C=O) groups is 1. The summed E-state index contributed by atoms with van der Waals surface area (Å²) in [6.45, 7) is -2.27. The summed E-state index contributed by atoms with van der Waals surface area (Å²) >= 11 is 0. The maximum atomic E-state index is 12.5. The zero-order chi connectivity index (χ0) is 20.7. The Balaban J connectivity index is 2.07. The van der Waals surface area contributed by atoms with E-state index in [9.17, 15) is 23.7 Å². The van der Waals surface area contributed by atoms with Crippen molar-refractivity contribution in [3.05, 3.63) is 27.8 Å². The van der Waals surface area contributed by atoms with Gasteiger partial charge in [-0.15, -0.1) is 0 Å². The third kappa shape index (κ3) is 5.75. The van der Waals surface area contributed by atoms with Crippen molar-refractivity contribution in [2.75, 3.05) is 27.2 Å². The Morgan fingerprint density at radius 3 is 2.57 bits per heavy atom. The predicted molar refractivity (Wildman–Crippen MR) is 98.1 cm³/mol. The highest BCUT2D eigenvalue weighted by molar-refractivity contribution is 5.99. The Labute approximate surface area is 161 Å². The average molecular weight is 401 g/mol. The number of amides is 1. The minimum absolute atomic E-state index is 0.185. The minimum atomic E-state index is -3.18. The van der Waals surface area contributed by atoms with Crippen LogP contribution in [-0.2, 0) is 0 Å². The van der Waals surface area contributed by atoms with E-state index in [1.165, 1.54) is 26.4 Å². The summed E-state index contributed by atoms with van der Waals surface area (Å²) in [6.07, 6.45) is 5.88. The van der Waals surface area contributed by atoms with E-state index >= 15 is 0 Å². The molecule has 10 heteroatoms. The molecule has 0 radical (unpaired) electrons. The fourth-order valence-electron chi connectivity index (χ4n) is 3.38. The highest BCUT2D eigenvalue weighted by Crippen LogP contribution is 2.35. The number of hydrogen-bond donors (Lipinski definition) is 1. The first-order valence-corrected chi connectivity index (χ1v) is 9.13. The van der Waals surface area contributed by atoms with Crippen molar-refractivity contribution in [3.8, 4) is 11.5 Å². The molecular weight excluding hydrogens is 376 g/mol. The molecule has 156 valence electrons. The lowest BCUT2D eigenvalue weighted by Crippen LogP contribution is -2.39. The molecule has 0 unspecified atom stereocenters. The lowest BCUT2D eigenvalue weighted by molar-refractivity contribution is -0.385. The van der Waals surface area contributed by atoms with Gasteiger partial charge in [-0.1, -0.05) is 19.3 Å². The summed E-state index contributed by atoms with van der Waals surface area (Å²) in [6, 6.07) is 2.29. The molecule has 1 aromatic rings. The third-order valence-electron chi connectivity index (χ3n) is 4.89. The van der Waals surface area contributed by atoms with Crippen LogP contribution in [0.5, 0.6) is 11.5 Å². The van der Waals surface area contributed by atoms with Gasteiger partial charge < -0.3 is 19.7 Å². The van der Waals surface area contributed by atoms with Crippen LogP contribution in [0.15, 0.2) is 12.1 Å². The van der Waals surface area contributed by atoms with Crippen LogP contribution in [0, 0.1) is 10.1 Å². The van der Waals surface area contributed by atoms with Crippen LogP contribution in [0.3, 0.4) is 0 Å². The van der Waals surface area contributed by atoms with E-state index in [-0.39, 0.29) is 11.3 Å². The first-order chi connectivity index (χ1) is 13.3. The number of nitro benzene ring substituents is 1. The van der Waals surface area contributed by atoms with Gasteiger partial charge in [0.2, 0.25) is 0 Å². The molecule has 28 heavy (non-hydrogen) atoms. The Hall–Kier alpha value is -2.49. The topological polar surface area (TPSA) is 93.9 Å². The SMILES string of the molecule is COc1cc(C(=O)NCCN(C)C2CCCCC2)c([N+](=O)[O-])cc1OC(F)F. The van der Waals surface area contributed by atoms with Crippen molar-refractivity contribution >= 4 is 11.6 Å². The molecule has 1 aromatic carbocycles. The van der Waals surface area contributed by atoms with Gasteiger partial charge in [0.1, 0.15) is 5.56 Å². The Morgan fingerprint density at radius 2 is 2.00 bits per heavy atom. The Kier molecular flexibility index (Phi) is 7.91. The van der Waals surface area contributed by atoms with E-state index in [4.69, 9.17) is 4.74 Å². The Morgan fingerprint density at radius 1 is 1.32 bits per heavy atom. The summed E-state index contributed by atoms with van der Waals surface area (Å²) in [5.74, 6) is -1.36. The van der Waals surface area contributed by atoms with Crippen LogP contribution < -0.4 is 14.8 Å². The van der Waals surface area contributed by atoms with Gasteiger partial charge in [-0.2, -0.15) is 8.78 Å². The lowest BCUT2D eigenvalue weighted by Gasteiger charge is -2.31. The zero-order valence-electron chi connectivity index (χ0n) is 16.0. The van der Waals surface area contributed by atoms with Crippen molar-refractivity contribution in [1.82, 2.24) is 10.2 Å². The van der Waals surface area contributed by atoms with Gasteiger partial charge in [0, 0.05) is 25.2 Å². The van der Waals surface area contributed by atoms with E-state index < -0.39 is 28.9 Å². The van der Waals surface area contributed by atoms with E-state index in [0.29, 0.717) is 19.1 Å².